The Hall–Kier alpha value is -1.30. The largest absolute Gasteiger partial charge is 1.00 e. The van der Waals surface area contributed by atoms with E-state index in [0.29, 0.717) is 25.7 Å². The van der Waals surface area contributed by atoms with E-state index in [1.54, 1.807) is 0 Å². The second kappa shape index (κ2) is 12.5. The van der Waals surface area contributed by atoms with Crippen molar-refractivity contribution in [3.63, 3.8) is 0 Å². The van der Waals surface area contributed by atoms with Crippen molar-refractivity contribution in [2.75, 3.05) is 26.2 Å². The fraction of sp³-hybridized carbons (Fsp3) is 0.478. The van der Waals surface area contributed by atoms with Crippen LogP contribution in [0.5, 0.6) is 0 Å². The van der Waals surface area contributed by atoms with Crippen molar-refractivity contribution in [3.8, 4) is 0 Å². The molecule has 1 fully saturated rings. The summed E-state index contributed by atoms with van der Waals surface area (Å²) in [5.74, 6) is -1.94. The van der Waals surface area contributed by atoms with Crippen molar-refractivity contribution in [2.45, 2.75) is 44.9 Å². The Bertz CT molecular complexity index is 695. The highest BCUT2D eigenvalue weighted by atomic mass is 35.5. The van der Waals surface area contributed by atoms with Gasteiger partial charge < -0.3 is 16.9 Å². The average molecular weight is 466 g/mol. The number of piperidine rings is 1. The van der Waals surface area contributed by atoms with Crippen molar-refractivity contribution < 1.29 is 34.5 Å². The highest BCUT2D eigenvalue weighted by Crippen LogP contribution is 2.23. The van der Waals surface area contributed by atoms with E-state index in [-0.39, 0.29) is 35.9 Å². The Morgan fingerprint density at radius 3 is 1.37 bits per heavy atom. The van der Waals surface area contributed by atoms with Gasteiger partial charge in [-0.2, -0.15) is 0 Å². The molecule has 0 aromatic heterocycles. The zero-order valence-corrected chi connectivity index (χ0v) is 18.6. The van der Waals surface area contributed by atoms with E-state index >= 15 is 0 Å². The van der Waals surface area contributed by atoms with Gasteiger partial charge in [0.1, 0.15) is 23.3 Å². The van der Waals surface area contributed by atoms with Gasteiger partial charge in [-0.05, 0) is 56.4 Å². The topological polar surface area (TPSA) is 0 Å². The molecule has 0 amide bonds. The minimum Gasteiger partial charge on any atom is -1.00 e. The number of quaternary nitrogens is 1. The maximum absolute atomic E-state index is 13.9. The predicted molar refractivity (Wildman–Crippen MR) is 110 cm³/mol. The third-order valence-electron chi connectivity index (χ3n) is 6.01. The number of rotatable bonds is 8. The van der Waals surface area contributed by atoms with E-state index in [4.69, 9.17) is 0 Å². The highest BCUT2D eigenvalue weighted by molar-refractivity contribution is 5.85. The van der Waals surface area contributed by atoms with Gasteiger partial charge in [-0.15, -0.1) is 12.4 Å². The van der Waals surface area contributed by atoms with Crippen LogP contribution in [-0.4, -0.2) is 30.7 Å². The maximum atomic E-state index is 13.9. The molecule has 30 heavy (non-hydrogen) atoms. The third kappa shape index (κ3) is 6.86. The van der Waals surface area contributed by atoms with Crippen LogP contribution in [0.3, 0.4) is 0 Å². The van der Waals surface area contributed by atoms with E-state index < -0.39 is 23.3 Å². The SMILES string of the molecule is Cl.Fc1cccc(F)c1CCC[N+]1(CCCc2c(F)cccc2F)CCCCC1.[Cl-]. The Kier molecular flexibility index (Phi) is 11.2. The van der Waals surface area contributed by atoms with Crippen molar-refractivity contribution in [1.29, 1.82) is 0 Å². The minimum absolute atomic E-state index is 0. The average Bonchev–Trinajstić information content (AvgIpc) is 2.67. The Labute approximate surface area is 188 Å². The monoisotopic (exact) mass is 465 g/mol. The molecule has 1 aliphatic rings. The minimum atomic E-state index is -0.486. The summed E-state index contributed by atoms with van der Waals surface area (Å²) < 4.78 is 56.3. The zero-order chi connectivity index (χ0) is 20.0. The quantitative estimate of drug-likeness (QED) is 0.414. The molecule has 2 aromatic rings. The number of likely N-dealkylation sites (tertiary alicyclic amines) is 1. The molecule has 0 N–H and O–H groups in total. The molecule has 1 nitrogen and oxygen atoms in total. The van der Waals surface area contributed by atoms with E-state index in [1.165, 1.54) is 42.8 Å². The van der Waals surface area contributed by atoms with Gasteiger partial charge in [-0.1, -0.05) is 12.1 Å². The van der Waals surface area contributed by atoms with Crippen LogP contribution < -0.4 is 12.4 Å². The van der Waals surface area contributed by atoms with Crippen LogP contribution in [0.25, 0.3) is 0 Å². The summed E-state index contributed by atoms with van der Waals surface area (Å²) in [6.07, 6.45) is 5.60. The van der Waals surface area contributed by atoms with Crippen LogP contribution >= 0.6 is 12.4 Å². The first-order valence-corrected chi connectivity index (χ1v) is 10.2. The van der Waals surface area contributed by atoms with Crippen molar-refractivity contribution in [3.05, 3.63) is 70.8 Å². The molecule has 1 saturated heterocycles. The molecule has 0 aliphatic carbocycles. The summed E-state index contributed by atoms with van der Waals surface area (Å²) >= 11 is 0. The van der Waals surface area contributed by atoms with Crippen molar-refractivity contribution in [2.24, 2.45) is 0 Å². The first-order chi connectivity index (χ1) is 13.5. The molecule has 1 aliphatic heterocycles. The molecule has 2 aromatic carbocycles. The van der Waals surface area contributed by atoms with Crippen molar-refractivity contribution in [1.82, 2.24) is 0 Å². The summed E-state index contributed by atoms with van der Waals surface area (Å²) in [6, 6.07) is 7.96. The smallest absolute Gasteiger partial charge is 0.129 e. The summed E-state index contributed by atoms with van der Waals surface area (Å²) in [5, 5.41) is 0. The summed E-state index contributed by atoms with van der Waals surface area (Å²) in [6.45, 7) is 3.74. The lowest BCUT2D eigenvalue weighted by Crippen LogP contribution is -3.00. The number of nitrogens with zero attached hydrogens (tertiary/aromatic N) is 1. The fourth-order valence-electron chi connectivity index (χ4n) is 4.47. The van der Waals surface area contributed by atoms with E-state index in [2.05, 4.69) is 0 Å². The molecule has 0 atom stereocenters. The highest BCUT2D eigenvalue weighted by Gasteiger charge is 2.29. The third-order valence-corrected chi connectivity index (χ3v) is 6.01. The number of halogens is 6. The van der Waals surface area contributed by atoms with Crippen LogP contribution in [-0.2, 0) is 12.8 Å². The summed E-state index contributed by atoms with van der Waals surface area (Å²) in [4.78, 5) is 0. The molecule has 168 valence electrons. The van der Waals surface area contributed by atoms with Gasteiger partial charge in [-0.25, -0.2) is 17.6 Å². The zero-order valence-electron chi connectivity index (χ0n) is 17.0. The van der Waals surface area contributed by atoms with E-state index in [1.807, 2.05) is 0 Å². The van der Waals surface area contributed by atoms with Crippen molar-refractivity contribution >= 4 is 12.4 Å². The predicted octanol–water partition coefficient (Wildman–Crippen LogP) is 3.23. The number of benzene rings is 2. The van der Waals surface area contributed by atoms with Gasteiger partial charge in [0.05, 0.1) is 26.2 Å². The molecule has 3 rings (SSSR count). The molecule has 0 unspecified atom stereocenters. The maximum Gasteiger partial charge on any atom is 0.129 e. The van der Waals surface area contributed by atoms with Gasteiger partial charge in [0, 0.05) is 24.0 Å². The van der Waals surface area contributed by atoms with E-state index in [9.17, 15) is 17.6 Å². The molecule has 0 saturated carbocycles. The molecule has 0 spiro atoms. The molecule has 1 heterocycles. The molecule has 7 heteroatoms. The van der Waals surface area contributed by atoms with Crippen LogP contribution in [0, 0.1) is 23.3 Å². The Balaban J connectivity index is 0.00000225. The second-order valence-corrected chi connectivity index (χ2v) is 7.90. The van der Waals surface area contributed by atoms with Gasteiger partial charge >= 0.3 is 0 Å². The standard InChI is InChI=1S/C23H28F4N.2ClH/c24-20-10-4-11-21(25)18(20)8-6-16-28(14-2-1-3-15-28)17-7-9-19-22(26)12-5-13-23(19)27;;/h4-5,10-13H,1-3,6-9,14-17H2;2*1H/q+1;;/p-1. The number of hydrogen-bond donors (Lipinski definition) is 0. The van der Waals surface area contributed by atoms with Gasteiger partial charge in [0.2, 0.25) is 0 Å². The lowest BCUT2D eigenvalue weighted by atomic mass is 10.0. The van der Waals surface area contributed by atoms with Gasteiger partial charge in [0.25, 0.3) is 0 Å². The van der Waals surface area contributed by atoms with Crippen LogP contribution in [0.4, 0.5) is 17.6 Å². The fourth-order valence-corrected chi connectivity index (χ4v) is 4.47. The lowest BCUT2D eigenvalue weighted by molar-refractivity contribution is -0.932. The lowest BCUT2D eigenvalue weighted by Gasteiger charge is -2.42. The Morgan fingerprint density at radius 1 is 0.633 bits per heavy atom. The molecule has 0 bridgehead atoms. The first-order valence-electron chi connectivity index (χ1n) is 10.2. The molecular weight excluding hydrogens is 437 g/mol. The van der Waals surface area contributed by atoms with Crippen LogP contribution in [0.15, 0.2) is 36.4 Å². The summed E-state index contributed by atoms with van der Waals surface area (Å²) in [7, 11) is 0. The van der Waals surface area contributed by atoms with Gasteiger partial charge in [0.15, 0.2) is 0 Å². The second-order valence-electron chi connectivity index (χ2n) is 7.90. The van der Waals surface area contributed by atoms with Crippen LogP contribution in [0.2, 0.25) is 0 Å². The first kappa shape index (κ1) is 26.7. The summed E-state index contributed by atoms with van der Waals surface area (Å²) in [5.41, 5.74) is 0.317. The Morgan fingerprint density at radius 2 is 1.00 bits per heavy atom. The van der Waals surface area contributed by atoms with Gasteiger partial charge in [-0.3, -0.25) is 0 Å². The van der Waals surface area contributed by atoms with E-state index in [0.717, 1.165) is 43.5 Å². The normalized spacial score (nSPS) is 15.2. The van der Waals surface area contributed by atoms with Crippen LogP contribution in [0.1, 0.15) is 43.2 Å². The molecule has 0 radical (unpaired) electrons. The molecular formula is C23H29Cl2F4N. The number of hydrogen-bond acceptors (Lipinski definition) is 0.